The Labute approximate surface area is 236 Å². The third kappa shape index (κ3) is 7.12. The summed E-state index contributed by atoms with van der Waals surface area (Å²) < 4.78 is 39.7. The van der Waals surface area contributed by atoms with Crippen molar-refractivity contribution >= 4 is 27.5 Å². The molecule has 214 valence electrons. The first-order chi connectivity index (χ1) is 19.1. The molecule has 0 saturated carbocycles. The van der Waals surface area contributed by atoms with Crippen molar-refractivity contribution in [3.05, 3.63) is 83.9 Å². The summed E-state index contributed by atoms with van der Waals surface area (Å²) in [4.78, 5) is 28.4. The minimum atomic E-state index is -4.23. The van der Waals surface area contributed by atoms with Gasteiger partial charge in [0.25, 0.3) is 10.0 Å². The second-order valence-corrected chi connectivity index (χ2v) is 11.1. The lowest BCUT2D eigenvalue weighted by molar-refractivity contribution is -0.139. The van der Waals surface area contributed by atoms with Gasteiger partial charge in [-0.15, -0.1) is 0 Å². The molecular weight excluding hydrogens is 530 g/mol. The van der Waals surface area contributed by atoms with Gasteiger partial charge in [0.05, 0.1) is 24.8 Å². The van der Waals surface area contributed by atoms with Crippen molar-refractivity contribution in [2.75, 3.05) is 31.6 Å². The number of benzene rings is 3. The van der Waals surface area contributed by atoms with Gasteiger partial charge in [-0.1, -0.05) is 43.3 Å². The van der Waals surface area contributed by atoms with Crippen molar-refractivity contribution in [2.24, 2.45) is 0 Å². The summed E-state index contributed by atoms with van der Waals surface area (Å²) in [6.45, 7) is 5.56. The van der Waals surface area contributed by atoms with Gasteiger partial charge in [0.1, 0.15) is 24.1 Å². The molecule has 0 bridgehead atoms. The Hall–Kier alpha value is -4.05. The Morgan fingerprint density at radius 1 is 0.925 bits per heavy atom. The van der Waals surface area contributed by atoms with Crippen LogP contribution in [0.2, 0.25) is 0 Å². The first-order valence-corrected chi connectivity index (χ1v) is 14.5. The molecule has 3 aromatic carbocycles. The molecule has 0 unspecified atom stereocenters. The molecule has 0 radical (unpaired) electrons. The average molecular weight is 568 g/mol. The minimum Gasteiger partial charge on any atom is -0.497 e. The molecule has 10 heteroatoms. The molecule has 0 saturated heterocycles. The zero-order chi connectivity index (χ0) is 29.3. The third-order valence-electron chi connectivity index (χ3n) is 6.60. The van der Waals surface area contributed by atoms with E-state index in [0.29, 0.717) is 12.3 Å². The van der Waals surface area contributed by atoms with Crippen molar-refractivity contribution < 1.29 is 27.5 Å². The van der Waals surface area contributed by atoms with E-state index < -0.39 is 28.5 Å². The van der Waals surface area contributed by atoms with Gasteiger partial charge in [-0.3, -0.25) is 13.9 Å². The number of ether oxygens (including phenoxy) is 2. The van der Waals surface area contributed by atoms with E-state index in [9.17, 15) is 18.0 Å². The van der Waals surface area contributed by atoms with Crippen LogP contribution in [0.5, 0.6) is 11.5 Å². The van der Waals surface area contributed by atoms with Gasteiger partial charge in [-0.25, -0.2) is 8.42 Å². The summed E-state index contributed by atoms with van der Waals surface area (Å²) in [6, 6.07) is 19.3. The largest absolute Gasteiger partial charge is 0.497 e. The lowest BCUT2D eigenvalue weighted by atomic mass is 10.1. The monoisotopic (exact) mass is 567 g/mol. The molecule has 40 heavy (non-hydrogen) atoms. The second-order valence-electron chi connectivity index (χ2n) is 9.27. The summed E-state index contributed by atoms with van der Waals surface area (Å²) in [7, 11) is -1.31. The van der Waals surface area contributed by atoms with E-state index in [1.54, 1.807) is 43.3 Å². The van der Waals surface area contributed by atoms with Crippen LogP contribution in [-0.4, -0.2) is 58.5 Å². The van der Waals surface area contributed by atoms with Crippen LogP contribution in [-0.2, 0) is 26.2 Å². The number of hydrogen-bond donors (Lipinski definition) is 1. The van der Waals surface area contributed by atoms with Gasteiger partial charge >= 0.3 is 0 Å². The predicted octanol–water partition coefficient (Wildman–Crippen LogP) is 4.15. The lowest BCUT2D eigenvalue weighted by Gasteiger charge is -2.32. The second kappa shape index (κ2) is 13.8. The highest BCUT2D eigenvalue weighted by atomic mass is 32.2. The molecule has 2 amide bonds. The van der Waals surface area contributed by atoms with Crippen LogP contribution in [0, 0.1) is 6.92 Å². The SMILES string of the molecule is CCCNC(=O)[C@H](C)N(Cc1ccccc1C)C(=O)CN(c1ccccc1OC)S(=O)(=O)c1ccc(OC)cc1. The first kappa shape index (κ1) is 30.5. The Morgan fingerprint density at radius 2 is 1.57 bits per heavy atom. The van der Waals surface area contributed by atoms with Gasteiger partial charge in [-0.2, -0.15) is 0 Å². The van der Waals surface area contributed by atoms with Crippen LogP contribution in [0.3, 0.4) is 0 Å². The summed E-state index contributed by atoms with van der Waals surface area (Å²) >= 11 is 0. The smallest absolute Gasteiger partial charge is 0.264 e. The number of amides is 2. The fraction of sp³-hybridized carbons (Fsp3) is 0.333. The number of nitrogens with zero attached hydrogens (tertiary/aromatic N) is 2. The number of para-hydroxylation sites is 2. The predicted molar refractivity (Wildman–Crippen MR) is 155 cm³/mol. The Bertz CT molecular complexity index is 1410. The van der Waals surface area contributed by atoms with Crippen molar-refractivity contribution in [3.8, 4) is 11.5 Å². The van der Waals surface area contributed by atoms with E-state index in [1.807, 2.05) is 38.1 Å². The van der Waals surface area contributed by atoms with E-state index in [1.165, 1.54) is 31.3 Å². The molecular formula is C30H37N3O6S. The number of aryl methyl sites for hydroxylation is 1. The third-order valence-corrected chi connectivity index (χ3v) is 8.37. The van der Waals surface area contributed by atoms with Crippen molar-refractivity contribution in [1.82, 2.24) is 10.2 Å². The summed E-state index contributed by atoms with van der Waals surface area (Å²) in [6.07, 6.45) is 0.742. The summed E-state index contributed by atoms with van der Waals surface area (Å²) in [5.74, 6) is -0.0715. The van der Waals surface area contributed by atoms with Crippen molar-refractivity contribution in [3.63, 3.8) is 0 Å². The topological polar surface area (TPSA) is 105 Å². The number of carbonyl (C=O) groups excluding carboxylic acids is 2. The Morgan fingerprint density at radius 3 is 2.20 bits per heavy atom. The molecule has 0 aliphatic heterocycles. The van der Waals surface area contributed by atoms with Crippen LogP contribution in [0.1, 0.15) is 31.4 Å². The van der Waals surface area contributed by atoms with Crippen molar-refractivity contribution in [2.45, 2.75) is 44.7 Å². The lowest BCUT2D eigenvalue weighted by Crippen LogP contribution is -2.51. The van der Waals surface area contributed by atoms with Gasteiger partial charge in [0.15, 0.2) is 0 Å². The van der Waals surface area contributed by atoms with Crippen LogP contribution >= 0.6 is 0 Å². The van der Waals surface area contributed by atoms with Crippen LogP contribution < -0.4 is 19.1 Å². The van der Waals surface area contributed by atoms with Gasteiger partial charge < -0.3 is 19.7 Å². The van der Waals surface area contributed by atoms with E-state index >= 15 is 0 Å². The number of carbonyl (C=O) groups is 2. The number of nitrogens with one attached hydrogen (secondary N) is 1. The van der Waals surface area contributed by atoms with E-state index in [2.05, 4.69) is 5.32 Å². The zero-order valence-electron chi connectivity index (χ0n) is 23.6. The molecule has 0 aromatic heterocycles. The van der Waals surface area contributed by atoms with Gasteiger partial charge in [-0.05, 0) is 67.8 Å². The van der Waals surface area contributed by atoms with Crippen LogP contribution in [0.4, 0.5) is 5.69 Å². The van der Waals surface area contributed by atoms with E-state index in [-0.39, 0.29) is 28.8 Å². The quantitative estimate of drug-likeness (QED) is 0.333. The highest BCUT2D eigenvalue weighted by molar-refractivity contribution is 7.92. The average Bonchev–Trinajstić information content (AvgIpc) is 2.97. The highest BCUT2D eigenvalue weighted by Crippen LogP contribution is 2.33. The Kier molecular flexibility index (Phi) is 10.6. The first-order valence-electron chi connectivity index (χ1n) is 13.1. The molecule has 0 spiro atoms. The molecule has 9 nitrogen and oxygen atoms in total. The highest BCUT2D eigenvalue weighted by Gasteiger charge is 2.33. The van der Waals surface area contributed by atoms with Crippen molar-refractivity contribution in [1.29, 1.82) is 0 Å². The molecule has 1 atom stereocenters. The molecule has 3 aromatic rings. The number of rotatable bonds is 13. The number of sulfonamides is 1. The fourth-order valence-corrected chi connectivity index (χ4v) is 5.60. The number of hydrogen-bond acceptors (Lipinski definition) is 6. The summed E-state index contributed by atoms with van der Waals surface area (Å²) in [5.41, 5.74) is 2.01. The maximum absolute atomic E-state index is 14.0. The molecule has 1 N–H and O–H groups in total. The molecule has 0 aliphatic carbocycles. The fourth-order valence-electron chi connectivity index (χ4n) is 4.17. The van der Waals surface area contributed by atoms with E-state index in [4.69, 9.17) is 9.47 Å². The van der Waals surface area contributed by atoms with Gasteiger partial charge in [0, 0.05) is 13.1 Å². The van der Waals surface area contributed by atoms with Crippen LogP contribution in [0.25, 0.3) is 0 Å². The summed E-state index contributed by atoms with van der Waals surface area (Å²) in [5, 5.41) is 2.84. The molecule has 0 fully saturated rings. The normalized spacial score (nSPS) is 11.8. The maximum atomic E-state index is 14.0. The van der Waals surface area contributed by atoms with E-state index in [0.717, 1.165) is 21.9 Å². The van der Waals surface area contributed by atoms with Crippen LogP contribution in [0.15, 0.2) is 77.7 Å². The minimum absolute atomic E-state index is 0.0220. The van der Waals surface area contributed by atoms with Gasteiger partial charge in [0.2, 0.25) is 11.8 Å². The molecule has 0 heterocycles. The number of anilines is 1. The molecule has 3 rings (SSSR count). The standard InChI is InChI=1S/C30H37N3O6S/c1-6-19-31-30(35)23(3)32(20-24-12-8-7-11-22(24)2)29(34)21-33(27-13-9-10-14-28(27)39-5)40(36,37)26-17-15-25(38-4)16-18-26/h7-18,23H,6,19-21H2,1-5H3,(H,31,35)/t23-/m0/s1. The Balaban J connectivity index is 2.07. The number of methoxy groups -OCH3 is 2. The molecule has 0 aliphatic rings. The maximum Gasteiger partial charge on any atom is 0.264 e. The zero-order valence-corrected chi connectivity index (χ0v) is 24.4.